The monoisotopic (exact) mass is 346 g/mol. The molecule has 0 aliphatic heterocycles. The van der Waals surface area contributed by atoms with E-state index in [1.807, 2.05) is 31.2 Å². The minimum atomic E-state index is 0.935. The minimum absolute atomic E-state index is 0.935. The molecule has 5 rings (SSSR count). The van der Waals surface area contributed by atoms with Crippen molar-refractivity contribution in [3.63, 3.8) is 0 Å². The van der Waals surface area contributed by atoms with Crippen molar-refractivity contribution < 1.29 is 0 Å². The summed E-state index contributed by atoms with van der Waals surface area (Å²) in [5.41, 5.74) is 7.28. The Labute approximate surface area is 158 Å². The van der Waals surface area contributed by atoms with E-state index in [0.29, 0.717) is 0 Å². The summed E-state index contributed by atoms with van der Waals surface area (Å²) in [6, 6.07) is 31.5. The Hall–Kier alpha value is -3.52. The van der Waals surface area contributed by atoms with Crippen LogP contribution in [0, 0.1) is 6.92 Å². The molecule has 2 heteroatoms. The summed E-state index contributed by atoms with van der Waals surface area (Å²) in [6.07, 6.45) is 0. The van der Waals surface area contributed by atoms with Crippen LogP contribution in [-0.2, 0) is 0 Å². The Balaban J connectivity index is 1.80. The summed E-state index contributed by atoms with van der Waals surface area (Å²) in [7, 11) is 0. The molecule has 0 bridgehead atoms. The molecule has 27 heavy (non-hydrogen) atoms. The first kappa shape index (κ1) is 15.7. The molecule has 2 nitrogen and oxygen atoms in total. The van der Waals surface area contributed by atoms with Crippen molar-refractivity contribution in [1.82, 2.24) is 9.97 Å². The fourth-order valence-corrected chi connectivity index (χ4v) is 3.61. The van der Waals surface area contributed by atoms with Gasteiger partial charge < -0.3 is 0 Å². The summed E-state index contributed by atoms with van der Waals surface area (Å²) >= 11 is 0. The van der Waals surface area contributed by atoms with Gasteiger partial charge in [-0.3, -0.25) is 0 Å². The highest BCUT2D eigenvalue weighted by atomic mass is 14.8. The van der Waals surface area contributed by atoms with E-state index in [1.165, 1.54) is 16.5 Å². The average Bonchev–Trinajstić information content (AvgIpc) is 2.74. The Morgan fingerprint density at radius 1 is 0.593 bits per heavy atom. The minimum Gasteiger partial charge on any atom is -0.249 e. The first-order chi connectivity index (χ1) is 13.3. The maximum atomic E-state index is 5.05. The van der Waals surface area contributed by atoms with Gasteiger partial charge in [0.1, 0.15) is 0 Å². The van der Waals surface area contributed by atoms with Crippen LogP contribution in [0.5, 0.6) is 0 Å². The molecule has 0 saturated carbocycles. The van der Waals surface area contributed by atoms with Gasteiger partial charge in [0.25, 0.3) is 0 Å². The summed E-state index contributed by atoms with van der Waals surface area (Å²) in [5.74, 6) is 0. The summed E-state index contributed by atoms with van der Waals surface area (Å²) in [6.45, 7) is 2.03. The van der Waals surface area contributed by atoms with Crippen LogP contribution in [0.25, 0.3) is 44.2 Å². The van der Waals surface area contributed by atoms with E-state index in [1.54, 1.807) is 0 Å². The number of aryl methyl sites for hydroxylation is 1. The lowest BCUT2D eigenvalue weighted by atomic mass is 10.00. The highest BCUT2D eigenvalue weighted by Gasteiger charge is 2.11. The summed E-state index contributed by atoms with van der Waals surface area (Å²) < 4.78 is 0. The molecule has 128 valence electrons. The van der Waals surface area contributed by atoms with Crippen molar-refractivity contribution in [1.29, 1.82) is 0 Å². The number of fused-ring (bicyclic) bond motifs is 3. The molecule has 0 atom stereocenters. The zero-order chi connectivity index (χ0) is 18.2. The van der Waals surface area contributed by atoms with Gasteiger partial charge in [0.15, 0.2) is 0 Å². The third kappa shape index (κ3) is 2.76. The lowest BCUT2D eigenvalue weighted by Crippen LogP contribution is -1.95. The molecule has 4 aromatic carbocycles. The molecular weight excluding hydrogens is 328 g/mol. The molecule has 0 aliphatic rings. The molecule has 0 saturated heterocycles. The Kier molecular flexibility index (Phi) is 3.68. The van der Waals surface area contributed by atoms with Crippen molar-refractivity contribution >= 4 is 21.8 Å². The second-order valence-corrected chi connectivity index (χ2v) is 6.76. The third-order valence-electron chi connectivity index (χ3n) is 4.98. The van der Waals surface area contributed by atoms with Gasteiger partial charge in [-0.05, 0) is 35.6 Å². The van der Waals surface area contributed by atoms with Crippen LogP contribution >= 0.6 is 0 Å². The third-order valence-corrected chi connectivity index (χ3v) is 4.98. The van der Waals surface area contributed by atoms with Crippen molar-refractivity contribution in [3.05, 3.63) is 96.7 Å². The van der Waals surface area contributed by atoms with E-state index >= 15 is 0 Å². The maximum Gasteiger partial charge on any atom is 0.0973 e. The number of hydrogen-bond donors (Lipinski definition) is 0. The molecule has 0 amide bonds. The van der Waals surface area contributed by atoms with E-state index in [-0.39, 0.29) is 0 Å². The van der Waals surface area contributed by atoms with Gasteiger partial charge in [-0.2, -0.15) is 0 Å². The van der Waals surface area contributed by atoms with Gasteiger partial charge in [0.05, 0.1) is 22.4 Å². The highest BCUT2D eigenvalue weighted by molar-refractivity contribution is 6.06. The van der Waals surface area contributed by atoms with Crippen LogP contribution < -0.4 is 0 Å². The van der Waals surface area contributed by atoms with E-state index < -0.39 is 0 Å². The molecule has 0 aliphatic carbocycles. The molecule has 0 spiro atoms. The SMILES string of the molecule is Cc1nc2ccc3ccc(-c4ccccc4)cc3c2nc1-c1ccccc1. The van der Waals surface area contributed by atoms with Crippen molar-refractivity contribution in [2.24, 2.45) is 0 Å². The van der Waals surface area contributed by atoms with Gasteiger partial charge in [-0.1, -0.05) is 78.9 Å². The van der Waals surface area contributed by atoms with Gasteiger partial charge in [0, 0.05) is 10.9 Å². The lowest BCUT2D eigenvalue weighted by Gasteiger charge is -2.10. The summed E-state index contributed by atoms with van der Waals surface area (Å²) in [5, 5.41) is 2.32. The fraction of sp³-hybridized carbons (Fsp3) is 0.0400. The average molecular weight is 346 g/mol. The normalized spacial score (nSPS) is 11.1. The molecular formula is C25H18N2. The smallest absolute Gasteiger partial charge is 0.0973 e. The predicted octanol–water partition coefficient (Wildman–Crippen LogP) is 6.43. The first-order valence-corrected chi connectivity index (χ1v) is 9.11. The van der Waals surface area contributed by atoms with Crippen molar-refractivity contribution in [2.75, 3.05) is 0 Å². The van der Waals surface area contributed by atoms with Crippen molar-refractivity contribution in [3.8, 4) is 22.4 Å². The summed E-state index contributed by atoms with van der Waals surface area (Å²) in [4.78, 5) is 9.89. The van der Waals surface area contributed by atoms with Gasteiger partial charge in [0.2, 0.25) is 0 Å². The van der Waals surface area contributed by atoms with Crippen LogP contribution in [0.1, 0.15) is 5.69 Å². The van der Waals surface area contributed by atoms with Gasteiger partial charge in [-0.25, -0.2) is 9.97 Å². The van der Waals surface area contributed by atoms with Crippen LogP contribution in [-0.4, -0.2) is 9.97 Å². The molecule has 1 heterocycles. The number of benzene rings is 4. The maximum absolute atomic E-state index is 5.05. The predicted molar refractivity (Wildman–Crippen MR) is 113 cm³/mol. The quantitative estimate of drug-likeness (QED) is 0.344. The number of hydrogen-bond acceptors (Lipinski definition) is 2. The zero-order valence-corrected chi connectivity index (χ0v) is 15.1. The first-order valence-electron chi connectivity index (χ1n) is 9.11. The van der Waals surface area contributed by atoms with Gasteiger partial charge >= 0.3 is 0 Å². The largest absolute Gasteiger partial charge is 0.249 e. The highest BCUT2D eigenvalue weighted by Crippen LogP contribution is 2.31. The van der Waals surface area contributed by atoms with Crippen molar-refractivity contribution in [2.45, 2.75) is 6.92 Å². The van der Waals surface area contributed by atoms with E-state index in [2.05, 4.69) is 66.7 Å². The van der Waals surface area contributed by atoms with Crippen LogP contribution in [0.4, 0.5) is 0 Å². The second-order valence-electron chi connectivity index (χ2n) is 6.76. The molecule has 0 radical (unpaired) electrons. The van der Waals surface area contributed by atoms with Crippen LogP contribution in [0.2, 0.25) is 0 Å². The Bertz CT molecular complexity index is 1260. The van der Waals surface area contributed by atoms with E-state index in [0.717, 1.165) is 33.4 Å². The molecule has 5 aromatic rings. The second kappa shape index (κ2) is 6.33. The molecule has 0 fully saturated rings. The number of aromatic nitrogens is 2. The van der Waals surface area contributed by atoms with E-state index in [9.17, 15) is 0 Å². The standard InChI is InChI=1S/C25H18N2/c1-17-24(20-10-6-3-7-11-20)27-25-22-16-21(18-8-4-2-5-9-18)13-12-19(22)14-15-23(25)26-17/h2-16H,1H3. The lowest BCUT2D eigenvalue weighted by molar-refractivity contribution is 1.19. The van der Waals surface area contributed by atoms with E-state index in [4.69, 9.17) is 9.97 Å². The molecule has 0 unspecified atom stereocenters. The molecule has 0 N–H and O–H groups in total. The zero-order valence-electron chi connectivity index (χ0n) is 15.1. The Morgan fingerprint density at radius 2 is 1.26 bits per heavy atom. The molecule has 1 aromatic heterocycles. The topological polar surface area (TPSA) is 25.8 Å². The van der Waals surface area contributed by atoms with Gasteiger partial charge in [-0.15, -0.1) is 0 Å². The number of nitrogens with zero attached hydrogens (tertiary/aromatic N) is 2. The fourth-order valence-electron chi connectivity index (χ4n) is 3.61. The number of rotatable bonds is 2. The Morgan fingerprint density at radius 3 is 2.00 bits per heavy atom. The van der Waals surface area contributed by atoms with Crippen LogP contribution in [0.15, 0.2) is 91.0 Å². The van der Waals surface area contributed by atoms with Crippen LogP contribution in [0.3, 0.4) is 0 Å².